The Balaban J connectivity index is -0.000000139. The molecule has 15 nitrogen and oxygen atoms in total. The first-order valence-corrected chi connectivity index (χ1v) is 13.7. The van der Waals surface area contributed by atoms with Gasteiger partial charge >= 0.3 is 7.60 Å². The van der Waals surface area contributed by atoms with Gasteiger partial charge in [0.15, 0.2) is 0 Å². The van der Waals surface area contributed by atoms with E-state index in [0.29, 0.717) is 6.42 Å². The quantitative estimate of drug-likeness (QED) is 0.107. The Hall–Kier alpha value is 0.150. The van der Waals surface area contributed by atoms with Crippen molar-refractivity contribution in [1.82, 2.24) is 16.2 Å². The molecule has 0 aliphatic carbocycles. The SMILES string of the molecule is Br.CCCCCCCCCCCCP(=O)(O)O.CON(OC)OC.CON(OC)OC.CON(OC)OC. The van der Waals surface area contributed by atoms with Crippen LogP contribution in [0.5, 0.6) is 0 Å². The van der Waals surface area contributed by atoms with Gasteiger partial charge in [-0.15, -0.1) is 17.0 Å². The van der Waals surface area contributed by atoms with Crippen molar-refractivity contribution in [3.8, 4) is 0 Å². The van der Waals surface area contributed by atoms with Crippen molar-refractivity contribution >= 4 is 24.6 Å². The highest BCUT2D eigenvalue weighted by atomic mass is 79.9. The summed E-state index contributed by atoms with van der Waals surface area (Å²) in [5.41, 5.74) is 0. The van der Waals surface area contributed by atoms with E-state index >= 15 is 0 Å². The summed E-state index contributed by atoms with van der Waals surface area (Å²) in [5.74, 6) is 0. The normalized spacial score (nSPS) is 10.7. The van der Waals surface area contributed by atoms with E-state index in [4.69, 9.17) is 9.79 Å². The largest absolute Gasteiger partial charge is 0.325 e. The molecule has 0 aromatic rings. The minimum atomic E-state index is -3.74. The predicted molar refractivity (Wildman–Crippen MR) is 148 cm³/mol. The van der Waals surface area contributed by atoms with E-state index in [1.165, 1.54) is 109 Å². The second-order valence-corrected chi connectivity index (χ2v) is 8.66. The van der Waals surface area contributed by atoms with Crippen LogP contribution in [-0.2, 0) is 48.1 Å². The van der Waals surface area contributed by atoms with E-state index in [0.717, 1.165) is 29.0 Å². The summed E-state index contributed by atoms with van der Waals surface area (Å²) >= 11 is 0. The third-order valence-electron chi connectivity index (χ3n) is 4.14. The maximum Gasteiger partial charge on any atom is 0.325 e. The van der Waals surface area contributed by atoms with Crippen LogP contribution in [0.1, 0.15) is 71.1 Å². The third kappa shape index (κ3) is 46.0. The second kappa shape index (κ2) is 39.3. The molecular formula is C21H55BrN3O12P. The van der Waals surface area contributed by atoms with E-state index in [9.17, 15) is 4.57 Å². The van der Waals surface area contributed by atoms with Crippen LogP contribution in [0.4, 0.5) is 0 Å². The highest BCUT2D eigenvalue weighted by Gasteiger charge is 2.10. The molecule has 238 valence electrons. The molecule has 0 bridgehead atoms. The Morgan fingerprint density at radius 2 is 0.684 bits per heavy atom. The van der Waals surface area contributed by atoms with Crippen molar-refractivity contribution in [2.75, 3.05) is 70.2 Å². The summed E-state index contributed by atoms with van der Waals surface area (Å²) in [7, 11) is 9.20. The van der Waals surface area contributed by atoms with Crippen molar-refractivity contribution in [2.24, 2.45) is 0 Å². The van der Waals surface area contributed by atoms with E-state index in [-0.39, 0.29) is 23.1 Å². The van der Waals surface area contributed by atoms with Crippen LogP contribution in [0.2, 0.25) is 0 Å². The molecule has 0 saturated carbocycles. The highest BCUT2D eigenvalue weighted by molar-refractivity contribution is 8.93. The fraction of sp³-hybridized carbons (Fsp3) is 1.00. The number of rotatable bonds is 20. The Morgan fingerprint density at radius 1 is 0.474 bits per heavy atom. The van der Waals surface area contributed by atoms with Gasteiger partial charge in [-0.25, -0.2) is 0 Å². The second-order valence-electron chi connectivity index (χ2n) is 6.88. The fourth-order valence-corrected chi connectivity index (χ4v) is 3.11. The topological polar surface area (TPSA) is 150 Å². The Bertz CT molecular complexity index is 403. The molecular weight excluding hydrogens is 597 g/mol. The number of nitrogens with zero attached hydrogens (tertiary/aromatic N) is 3. The molecule has 0 saturated heterocycles. The van der Waals surface area contributed by atoms with Gasteiger partial charge in [-0.1, -0.05) is 64.7 Å². The summed E-state index contributed by atoms with van der Waals surface area (Å²) in [6.07, 6.45) is 12.0. The molecule has 0 heterocycles. The summed E-state index contributed by atoms with van der Waals surface area (Å²) in [6, 6.07) is 0. The van der Waals surface area contributed by atoms with Gasteiger partial charge in [-0.05, 0) is 6.42 Å². The lowest BCUT2D eigenvalue weighted by molar-refractivity contribution is -0.502. The standard InChI is InChI=1S/C12H27O3P.3C3H9NO3.BrH/c1-2-3-4-5-6-7-8-9-10-11-12-16(13,14)15;3*1-5-4(6-2)7-3;/h2-12H2,1H3,(H2,13,14,15);3*1-3H3;1H. The maximum atomic E-state index is 10.6. The molecule has 0 aliphatic heterocycles. The number of unbranched alkanes of at least 4 members (excludes halogenated alkanes) is 9. The lowest BCUT2D eigenvalue weighted by Crippen LogP contribution is -2.18. The van der Waals surface area contributed by atoms with Crippen LogP contribution in [0.15, 0.2) is 0 Å². The number of hydrogen-bond donors (Lipinski definition) is 2. The van der Waals surface area contributed by atoms with Crippen molar-refractivity contribution < 1.29 is 57.9 Å². The van der Waals surface area contributed by atoms with Crippen molar-refractivity contribution in [1.29, 1.82) is 0 Å². The summed E-state index contributed by atoms with van der Waals surface area (Å²) in [5, 5.41) is 2.62. The van der Waals surface area contributed by atoms with Crippen LogP contribution in [0.3, 0.4) is 0 Å². The van der Waals surface area contributed by atoms with Crippen molar-refractivity contribution in [3.05, 3.63) is 0 Å². The van der Waals surface area contributed by atoms with Crippen LogP contribution in [-0.4, -0.2) is 96.1 Å². The molecule has 0 aromatic heterocycles. The lowest BCUT2D eigenvalue weighted by atomic mass is 10.1. The van der Waals surface area contributed by atoms with Gasteiger partial charge in [0.25, 0.3) is 0 Å². The van der Waals surface area contributed by atoms with Crippen molar-refractivity contribution in [2.45, 2.75) is 71.1 Å². The summed E-state index contributed by atoms with van der Waals surface area (Å²) < 4.78 is 10.6. The molecule has 2 N–H and O–H groups in total. The highest BCUT2D eigenvalue weighted by Crippen LogP contribution is 2.35. The molecule has 17 heteroatoms. The van der Waals surface area contributed by atoms with Crippen LogP contribution < -0.4 is 0 Å². The molecule has 0 rings (SSSR count). The number of hydrogen-bond acceptors (Lipinski definition) is 13. The minimum Gasteiger partial charge on any atom is -0.324 e. The zero-order valence-corrected chi connectivity index (χ0v) is 27.6. The number of halogens is 1. The Labute approximate surface area is 240 Å². The first-order valence-electron chi connectivity index (χ1n) is 11.9. The van der Waals surface area contributed by atoms with Crippen LogP contribution >= 0.6 is 24.6 Å². The zero-order valence-electron chi connectivity index (χ0n) is 25.0. The first kappa shape index (κ1) is 47.9. The molecule has 0 aromatic carbocycles. The minimum absolute atomic E-state index is 0. The third-order valence-corrected chi connectivity index (χ3v) is 5.04. The van der Waals surface area contributed by atoms with E-state index < -0.39 is 7.60 Å². The van der Waals surface area contributed by atoms with Gasteiger partial charge in [0.05, 0.1) is 80.2 Å². The molecule has 0 amide bonds. The summed E-state index contributed by atoms with van der Waals surface area (Å²) in [4.78, 5) is 57.2. The molecule has 0 radical (unpaired) electrons. The molecule has 0 unspecified atom stereocenters. The lowest BCUT2D eigenvalue weighted by Gasteiger charge is -2.10. The molecule has 0 aliphatic rings. The smallest absolute Gasteiger partial charge is 0.324 e. The molecule has 0 atom stereocenters. The van der Waals surface area contributed by atoms with Gasteiger partial charge in [0, 0.05) is 6.16 Å². The first-order chi connectivity index (χ1) is 17.6. The van der Waals surface area contributed by atoms with Gasteiger partial charge in [0.1, 0.15) is 0 Å². The molecule has 38 heavy (non-hydrogen) atoms. The average molecular weight is 653 g/mol. The molecule has 0 fully saturated rings. The zero-order chi connectivity index (χ0) is 29.4. The van der Waals surface area contributed by atoms with E-state index in [1.54, 1.807) is 0 Å². The van der Waals surface area contributed by atoms with Gasteiger partial charge < -0.3 is 9.79 Å². The summed E-state index contributed by atoms with van der Waals surface area (Å²) in [6.45, 7) is 2.22. The van der Waals surface area contributed by atoms with Gasteiger partial charge in [-0.2, -0.15) is 0 Å². The van der Waals surface area contributed by atoms with Crippen LogP contribution in [0.25, 0.3) is 0 Å². The maximum absolute atomic E-state index is 10.6. The van der Waals surface area contributed by atoms with E-state index in [2.05, 4.69) is 50.5 Å². The Morgan fingerprint density at radius 3 is 0.842 bits per heavy atom. The fourth-order valence-electron chi connectivity index (χ4n) is 2.48. The van der Waals surface area contributed by atoms with E-state index in [1.807, 2.05) is 0 Å². The van der Waals surface area contributed by atoms with Gasteiger partial charge in [0.2, 0.25) is 0 Å². The Kier molecular flexibility index (Phi) is 49.5. The van der Waals surface area contributed by atoms with Gasteiger partial charge in [-0.3, -0.25) is 48.1 Å². The molecule has 0 spiro atoms. The predicted octanol–water partition coefficient (Wildman–Crippen LogP) is 4.58. The van der Waals surface area contributed by atoms with Crippen LogP contribution in [0, 0.1) is 0 Å². The van der Waals surface area contributed by atoms with Crippen molar-refractivity contribution in [3.63, 3.8) is 0 Å². The average Bonchev–Trinajstić information content (AvgIpc) is 2.89. The monoisotopic (exact) mass is 651 g/mol.